The van der Waals surface area contributed by atoms with Crippen LogP contribution in [-0.2, 0) is 19.8 Å². The number of benzene rings is 1. The number of pyridine rings is 1. The number of aliphatic imine (C=N–C) groups is 1. The van der Waals surface area contributed by atoms with Crippen LogP contribution in [0.1, 0.15) is 30.2 Å². The minimum absolute atomic E-state index is 0.0547. The standard InChI is InChI=1S/C25H25F2N5O3S/c1-24(20-11-25(20,36-23(28)32-24)22(33)31-13-21(34-3)35-4)16-9-14(5-7-17(16)26)10-18(27)19-8-6-15(29-2)12-30-19/h5-10,12,20-21H,11,13H2,1,3-4H3,(H2,28,32)(H,31,33)/b18-10-/t20-,24+,25-/m0/s1. The molecule has 2 aliphatic rings. The van der Waals surface area contributed by atoms with Crippen molar-refractivity contribution < 1.29 is 23.0 Å². The predicted molar refractivity (Wildman–Crippen MR) is 134 cm³/mol. The third-order valence-corrected chi connectivity index (χ3v) is 7.81. The molecule has 1 saturated carbocycles. The second kappa shape index (κ2) is 9.97. The summed E-state index contributed by atoms with van der Waals surface area (Å²) in [6, 6.07) is 7.08. The van der Waals surface area contributed by atoms with Crippen molar-refractivity contribution in [2.45, 2.75) is 29.9 Å². The summed E-state index contributed by atoms with van der Waals surface area (Å²) in [6.07, 6.45) is 2.36. The lowest BCUT2D eigenvalue weighted by atomic mass is 9.84. The van der Waals surface area contributed by atoms with Gasteiger partial charge in [-0.1, -0.05) is 23.9 Å². The number of amides is 1. The number of amidine groups is 1. The first kappa shape index (κ1) is 25.8. The first-order valence-electron chi connectivity index (χ1n) is 11.1. The third-order valence-electron chi connectivity index (χ3n) is 6.51. The van der Waals surface area contributed by atoms with Crippen LogP contribution in [0.15, 0.2) is 41.5 Å². The molecule has 1 aliphatic heterocycles. The topological polar surface area (TPSA) is 103 Å². The van der Waals surface area contributed by atoms with Crippen LogP contribution >= 0.6 is 11.8 Å². The fourth-order valence-corrected chi connectivity index (χ4v) is 5.89. The first-order valence-corrected chi connectivity index (χ1v) is 11.9. The molecule has 1 amide bonds. The van der Waals surface area contributed by atoms with E-state index in [9.17, 15) is 9.18 Å². The molecule has 4 rings (SSSR count). The Hall–Kier alpha value is -3.33. The van der Waals surface area contributed by atoms with Crippen LogP contribution in [0, 0.1) is 18.3 Å². The molecule has 3 N–H and O–H groups in total. The third kappa shape index (κ3) is 4.72. The van der Waals surface area contributed by atoms with Crippen LogP contribution in [0.4, 0.5) is 14.5 Å². The maximum Gasteiger partial charge on any atom is 0.237 e. The minimum Gasteiger partial charge on any atom is -0.378 e. The molecule has 188 valence electrons. The van der Waals surface area contributed by atoms with Crippen molar-refractivity contribution >= 4 is 40.4 Å². The molecule has 2 aromatic rings. The van der Waals surface area contributed by atoms with Crippen LogP contribution in [-0.4, -0.2) is 47.9 Å². The maximum atomic E-state index is 15.1. The van der Waals surface area contributed by atoms with Crippen LogP contribution in [0.3, 0.4) is 0 Å². The number of hydrogen-bond donors (Lipinski definition) is 2. The monoisotopic (exact) mass is 513 g/mol. The lowest BCUT2D eigenvalue weighted by molar-refractivity contribution is -0.128. The number of nitrogens with two attached hydrogens (primary N) is 1. The van der Waals surface area contributed by atoms with Crippen molar-refractivity contribution in [1.29, 1.82) is 0 Å². The summed E-state index contributed by atoms with van der Waals surface area (Å²) < 4.78 is 39.3. The van der Waals surface area contributed by atoms with E-state index in [0.29, 0.717) is 17.7 Å². The van der Waals surface area contributed by atoms with E-state index >= 15 is 4.39 Å². The lowest BCUT2D eigenvalue weighted by Crippen LogP contribution is -2.46. The Morgan fingerprint density at radius 3 is 2.78 bits per heavy atom. The molecule has 0 spiro atoms. The van der Waals surface area contributed by atoms with Gasteiger partial charge >= 0.3 is 0 Å². The van der Waals surface area contributed by atoms with E-state index in [1.807, 2.05) is 0 Å². The molecule has 0 bridgehead atoms. The Kier molecular flexibility index (Phi) is 7.13. The van der Waals surface area contributed by atoms with Gasteiger partial charge in [-0.15, -0.1) is 0 Å². The van der Waals surface area contributed by atoms with Crippen molar-refractivity contribution in [3.8, 4) is 0 Å². The number of hydrogen-bond acceptors (Lipinski definition) is 7. The van der Waals surface area contributed by atoms with Crippen molar-refractivity contribution in [3.05, 3.63) is 70.6 Å². The zero-order valence-electron chi connectivity index (χ0n) is 19.9. The summed E-state index contributed by atoms with van der Waals surface area (Å²) in [4.78, 5) is 24.9. The average Bonchev–Trinajstić information content (AvgIpc) is 3.62. The Morgan fingerprint density at radius 1 is 1.39 bits per heavy atom. The first-order chi connectivity index (χ1) is 17.2. The Morgan fingerprint density at radius 2 is 2.14 bits per heavy atom. The summed E-state index contributed by atoms with van der Waals surface area (Å²) >= 11 is 1.17. The molecule has 11 heteroatoms. The number of aromatic nitrogens is 1. The van der Waals surface area contributed by atoms with E-state index in [4.69, 9.17) is 21.8 Å². The van der Waals surface area contributed by atoms with Gasteiger partial charge in [-0.2, -0.15) is 0 Å². The fraction of sp³-hybridized carbons (Fsp3) is 0.360. The number of nitrogens with zero attached hydrogens (tertiary/aromatic N) is 3. The molecule has 1 aliphatic carbocycles. The second-order valence-electron chi connectivity index (χ2n) is 8.70. The van der Waals surface area contributed by atoms with Crippen LogP contribution in [0.25, 0.3) is 16.7 Å². The van der Waals surface area contributed by atoms with Crippen LogP contribution < -0.4 is 11.1 Å². The smallest absolute Gasteiger partial charge is 0.237 e. The quantitative estimate of drug-likeness (QED) is 0.409. The second-order valence-corrected chi connectivity index (χ2v) is 10.1. The molecule has 36 heavy (non-hydrogen) atoms. The summed E-state index contributed by atoms with van der Waals surface area (Å²) in [7, 11) is 2.95. The molecule has 1 aromatic carbocycles. The zero-order chi connectivity index (χ0) is 26.1. The van der Waals surface area contributed by atoms with E-state index in [1.165, 1.54) is 68.6 Å². The van der Waals surface area contributed by atoms with Gasteiger partial charge in [0.05, 0.1) is 24.3 Å². The molecule has 8 nitrogen and oxygen atoms in total. The van der Waals surface area contributed by atoms with Crippen molar-refractivity contribution in [2.24, 2.45) is 16.6 Å². The number of ether oxygens (including phenoxy) is 2. The Balaban J connectivity index is 1.62. The maximum absolute atomic E-state index is 15.1. The van der Waals surface area contributed by atoms with Gasteiger partial charge in [0, 0.05) is 31.9 Å². The van der Waals surface area contributed by atoms with E-state index in [-0.39, 0.29) is 34.8 Å². The zero-order valence-corrected chi connectivity index (χ0v) is 20.7. The van der Waals surface area contributed by atoms with E-state index in [1.54, 1.807) is 6.92 Å². The SMILES string of the molecule is [C-]#[N+]c1ccc(/C(F)=C/c2ccc(F)c([C@@]3(C)N=C(N)S[C@@]4(C(=O)NCC(OC)OC)C[C@H]43)c2)nc1. The van der Waals surface area contributed by atoms with Crippen molar-refractivity contribution in [1.82, 2.24) is 10.3 Å². The highest BCUT2D eigenvalue weighted by Gasteiger charge is 2.70. The number of methoxy groups -OCH3 is 2. The fourth-order valence-electron chi connectivity index (χ4n) is 4.49. The summed E-state index contributed by atoms with van der Waals surface area (Å²) in [6.45, 7) is 8.86. The van der Waals surface area contributed by atoms with Gasteiger partial charge < -0.3 is 20.5 Å². The number of carbonyl (C=O) groups excluding carboxylic acids is 1. The summed E-state index contributed by atoms with van der Waals surface area (Å²) in [5, 5.41) is 3.00. The molecule has 2 heterocycles. The van der Waals surface area contributed by atoms with Gasteiger partial charge in [0.15, 0.2) is 11.5 Å². The van der Waals surface area contributed by atoms with Crippen LogP contribution in [0.5, 0.6) is 0 Å². The summed E-state index contributed by atoms with van der Waals surface area (Å²) in [5.41, 5.74) is 5.96. The van der Waals surface area contributed by atoms with Gasteiger partial charge in [0.1, 0.15) is 16.4 Å². The number of halogens is 2. The molecular weight excluding hydrogens is 488 g/mol. The summed E-state index contributed by atoms with van der Waals surface area (Å²) in [5.74, 6) is -1.75. The lowest BCUT2D eigenvalue weighted by Gasteiger charge is -2.34. The predicted octanol–water partition coefficient (Wildman–Crippen LogP) is 4.01. The molecule has 1 aromatic heterocycles. The molecule has 1 fully saturated rings. The Bertz CT molecular complexity index is 1280. The highest BCUT2D eigenvalue weighted by molar-refractivity contribution is 8.15. The van der Waals surface area contributed by atoms with Gasteiger partial charge in [0.25, 0.3) is 0 Å². The van der Waals surface area contributed by atoms with Crippen molar-refractivity contribution in [2.75, 3.05) is 20.8 Å². The van der Waals surface area contributed by atoms with Gasteiger partial charge in [0.2, 0.25) is 11.6 Å². The van der Waals surface area contributed by atoms with E-state index in [0.717, 1.165) is 0 Å². The number of fused-ring (bicyclic) bond motifs is 1. The molecule has 0 radical (unpaired) electrons. The molecule has 3 atom stereocenters. The number of rotatable bonds is 8. The Labute approximate surface area is 211 Å². The minimum atomic E-state index is -1.13. The molecule has 0 saturated heterocycles. The number of nitrogens with one attached hydrogen (secondary N) is 1. The molecule has 0 unspecified atom stereocenters. The average molecular weight is 514 g/mol. The highest BCUT2D eigenvalue weighted by Crippen LogP contribution is 2.66. The van der Waals surface area contributed by atoms with E-state index < -0.39 is 28.2 Å². The van der Waals surface area contributed by atoms with Gasteiger partial charge in [-0.25, -0.2) is 13.6 Å². The normalized spacial score (nSPS) is 25.1. The van der Waals surface area contributed by atoms with E-state index in [2.05, 4.69) is 20.1 Å². The number of carbonyl (C=O) groups is 1. The van der Waals surface area contributed by atoms with Crippen LogP contribution in [0.2, 0.25) is 0 Å². The molecular formula is C25H25F2N5O3S. The highest BCUT2D eigenvalue weighted by atomic mass is 32.2. The van der Waals surface area contributed by atoms with Gasteiger partial charge in [-0.05, 0) is 43.2 Å². The number of thioether (sulfide) groups is 1. The largest absolute Gasteiger partial charge is 0.378 e. The van der Waals surface area contributed by atoms with Gasteiger partial charge in [-0.3, -0.25) is 14.8 Å². The van der Waals surface area contributed by atoms with Crippen molar-refractivity contribution in [3.63, 3.8) is 0 Å².